The molecule has 0 fully saturated rings. The monoisotopic (exact) mass is 298 g/mol. The van der Waals surface area contributed by atoms with Crippen molar-refractivity contribution in [2.24, 2.45) is 0 Å². The van der Waals surface area contributed by atoms with Crippen LogP contribution in [0.1, 0.15) is 19.4 Å². The quantitative estimate of drug-likeness (QED) is 0.926. The lowest BCUT2D eigenvalue weighted by Gasteiger charge is -2.29. The second-order valence-electron chi connectivity index (χ2n) is 4.67. The zero-order chi connectivity index (χ0) is 13.1. The van der Waals surface area contributed by atoms with E-state index in [1.54, 1.807) is 11.9 Å². The van der Waals surface area contributed by atoms with Crippen molar-refractivity contribution >= 4 is 21.8 Å². The standard InChI is InChI=1S/C13H19BrN2O/c1-13(2,15-3)12(17)16(4)9-10-6-5-7-11(14)8-10/h5-8,15H,9H2,1-4H3. The Morgan fingerprint density at radius 3 is 2.65 bits per heavy atom. The molecule has 0 aliphatic rings. The molecule has 3 nitrogen and oxygen atoms in total. The zero-order valence-electron chi connectivity index (χ0n) is 10.7. The summed E-state index contributed by atoms with van der Waals surface area (Å²) in [5.74, 6) is 0.0833. The molecule has 0 atom stereocenters. The Morgan fingerprint density at radius 2 is 2.12 bits per heavy atom. The summed E-state index contributed by atoms with van der Waals surface area (Å²) in [6.45, 7) is 4.38. The molecule has 0 aliphatic carbocycles. The topological polar surface area (TPSA) is 32.3 Å². The van der Waals surface area contributed by atoms with E-state index in [-0.39, 0.29) is 5.91 Å². The van der Waals surface area contributed by atoms with Crippen molar-refractivity contribution in [1.29, 1.82) is 0 Å². The maximum absolute atomic E-state index is 12.1. The summed E-state index contributed by atoms with van der Waals surface area (Å²) >= 11 is 3.43. The van der Waals surface area contributed by atoms with Gasteiger partial charge in [0.2, 0.25) is 5.91 Å². The van der Waals surface area contributed by atoms with E-state index in [1.807, 2.05) is 45.2 Å². The third-order valence-corrected chi connectivity index (χ3v) is 3.31. The van der Waals surface area contributed by atoms with Gasteiger partial charge in [-0.1, -0.05) is 28.1 Å². The molecule has 0 spiro atoms. The van der Waals surface area contributed by atoms with Crippen LogP contribution in [-0.4, -0.2) is 30.4 Å². The molecular weight excluding hydrogens is 280 g/mol. The number of carbonyl (C=O) groups excluding carboxylic acids is 1. The summed E-state index contributed by atoms with van der Waals surface area (Å²) in [4.78, 5) is 13.9. The van der Waals surface area contributed by atoms with Gasteiger partial charge in [0.05, 0.1) is 5.54 Å². The van der Waals surface area contributed by atoms with E-state index in [2.05, 4.69) is 21.2 Å². The first-order valence-electron chi connectivity index (χ1n) is 5.56. The van der Waals surface area contributed by atoms with Crippen LogP contribution in [0.2, 0.25) is 0 Å². The highest BCUT2D eigenvalue weighted by atomic mass is 79.9. The summed E-state index contributed by atoms with van der Waals surface area (Å²) in [6.07, 6.45) is 0. The van der Waals surface area contributed by atoms with E-state index in [0.29, 0.717) is 6.54 Å². The van der Waals surface area contributed by atoms with E-state index in [4.69, 9.17) is 0 Å². The molecule has 1 rings (SSSR count). The van der Waals surface area contributed by atoms with E-state index in [0.717, 1.165) is 10.0 Å². The third-order valence-electron chi connectivity index (χ3n) is 2.82. The van der Waals surface area contributed by atoms with Crippen LogP contribution in [0.25, 0.3) is 0 Å². The molecule has 0 saturated heterocycles. The molecule has 94 valence electrons. The van der Waals surface area contributed by atoms with Crippen molar-refractivity contribution in [3.05, 3.63) is 34.3 Å². The summed E-state index contributed by atoms with van der Waals surface area (Å²) in [5, 5.41) is 3.02. The minimum atomic E-state index is -0.527. The second-order valence-corrected chi connectivity index (χ2v) is 5.58. The Morgan fingerprint density at radius 1 is 1.47 bits per heavy atom. The molecule has 0 heterocycles. The Hall–Kier alpha value is -0.870. The fourth-order valence-corrected chi connectivity index (χ4v) is 2.01. The van der Waals surface area contributed by atoms with Crippen LogP contribution < -0.4 is 5.32 Å². The smallest absolute Gasteiger partial charge is 0.242 e. The molecule has 1 aromatic carbocycles. The van der Waals surface area contributed by atoms with Gasteiger partial charge in [-0.2, -0.15) is 0 Å². The van der Waals surface area contributed by atoms with Crippen molar-refractivity contribution in [3.63, 3.8) is 0 Å². The van der Waals surface area contributed by atoms with Crippen LogP contribution in [-0.2, 0) is 11.3 Å². The van der Waals surface area contributed by atoms with Crippen molar-refractivity contribution in [2.75, 3.05) is 14.1 Å². The van der Waals surface area contributed by atoms with Gasteiger partial charge in [0.1, 0.15) is 0 Å². The van der Waals surface area contributed by atoms with Crippen LogP contribution in [0.15, 0.2) is 28.7 Å². The zero-order valence-corrected chi connectivity index (χ0v) is 12.3. The number of amides is 1. The number of hydrogen-bond acceptors (Lipinski definition) is 2. The van der Waals surface area contributed by atoms with Crippen LogP contribution >= 0.6 is 15.9 Å². The molecule has 0 saturated carbocycles. The van der Waals surface area contributed by atoms with Gasteiger partial charge in [-0.05, 0) is 38.6 Å². The molecule has 4 heteroatoms. The van der Waals surface area contributed by atoms with Crippen molar-refractivity contribution in [2.45, 2.75) is 25.9 Å². The van der Waals surface area contributed by atoms with Crippen LogP contribution in [0, 0.1) is 0 Å². The van der Waals surface area contributed by atoms with E-state index in [1.165, 1.54) is 0 Å². The SMILES string of the molecule is CNC(C)(C)C(=O)N(C)Cc1cccc(Br)c1. The number of carbonyl (C=O) groups is 1. The third kappa shape index (κ3) is 3.82. The average molecular weight is 299 g/mol. The lowest BCUT2D eigenvalue weighted by atomic mass is 10.0. The normalized spacial score (nSPS) is 11.4. The van der Waals surface area contributed by atoms with Crippen LogP contribution in [0.5, 0.6) is 0 Å². The molecule has 0 radical (unpaired) electrons. The first-order chi connectivity index (χ1) is 7.86. The predicted molar refractivity (Wildman–Crippen MR) is 73.8 cm³/mol. The lowest BCUT2D eigenvalue weighted by Crippen LogP contribution is -2.51. The summed E-state index contributed by atoms with van der Waals surface area (Å²) in [6, 6.07) is 7.99. The highest BCUT2D eigenvalue weighted by molar-refractivity contribution is 9.10. The van der Waals surface area contributed by atoms with Crippen molar-refractivity contribution in [1.82, 2.24) is 10.2 Å². The minimum Gasteiger partial charge on any atom is -0.340 e. The highest BCUT2D eigenvalue weighted by Crippen LogP contribution is 2.14. The second kappa shape index (κ2) is 5.65. The number of nitrogens with zero attached hydrogens (tertiary/aromatic N) is 1. The van der Waals surface area contributed by atoms with Gasteiger partial charge < -0.3 is 10.2 Å². The van der Waals surface area contributed by atoms with Gasteiger partial charge in [-0.3, -0.25) is 4.79 Å². The minimum absolute atomic E-state index is 0.0833. The molecule has 1 N–H and O–H groups in total. The summed E-state index contributed by atoms with van der Waals surface area (Å²) in [5.41, 5.74) is 0.586. The van der Waals surface area contributed by atoms with Crippen LogP contribution in [0.3, 0.4) is 0 Å². The van der Waals surface area contributed by atoms with Crippen LogP contribution in [0.4, 0.5) is 0 Å². The lowest BCUT2D eigenvalue weighted by molar-refractivity contribution is -0.136. The van der Waals surface area contributed by atoms with E-state index >= 15 is 0 Å². The Labute approximate surface area is 111 Å². The fraction of sp³-hybridized carbons (Fsp3) is 0.462. The molecule has 0 unspecified atom stereocenters. The largest absolute Gasteiger partial charge is 0.340 e. The highest BCUT2D eigenvalue weighted by Gasteiger charge is 2.28. The first kappa shape index (κ1) is 14.2. The molecule has 1 amide bonds. The number of benzene rings is 1. The number of halogens is 1. The maximum Gasteiger partial charge on any atom is 0.242 e. The van der Waals surface area contributed by atoms with Crippen molar-refractivity contribution < 1.29 is 4.79 Å². The van der Waals surface area contributed by atoms with Gasteiger partial charge in [0.15, 0.2) is 0 Å². The summed E-state index contributed by atoms with van der Waals surface area (Å²) in [7, 11) is 3.62. The van der Waals surface area contributed by atoms with Gasteiger partial charge in [-0.15, -0.1) is 0 Å². The van der Waals surface area contributed by atoms with E-state index < -0.39 is 5.54 Å². The Kier molecular flexibility index (Phi) is 4.71. The first-order valence-corrected chi connectivity index (χ1v) is 6.35. The van der Waals surface area contributed by atoms with Gasteiger partial charge in [0.25, 0.3) is 0 Å². The van der Waals surface area contributed by atoms with Gasteiger partial charge in [-0.25, -0.2) is 0 Å². The summed E-state index contributed by atoms with van der Waals surface area (Å²) < 4.78 is 1.03. The Balaban J connectivity index is 2.73. The van der Waals surface area contributed by atoms with Crippen molar-refractivity contribution in [3.8, 4) is 0 Å². The molecular formula is C13H19BrN2O. The number of hydrogen-bond donors (Lipinski definition) is 1. The molecule has 0 aromatic heterocycles. The molecule has 0 aliphatic heterocycles. The number of likely N-dealkylation sites (N-methyl/N-ethyl adjacent to an activating group) is 2. The Bertz CT molecular complexity index is 404. The van der Waals surface area contributed by atoms with E-state index in [9.17, 15) is 4.79 Å². The molecule has 17 heavy (non-hydrogen) atoms. The average Bonchev–Trinajstić information content (AvgIpc) is 2.28. The fourth-order valence-electron chi connectivity index (χ4n) is 1.57. The molecule has 0 bridgehead atoms. The van der Waals surface area contributed by atoms with Gasteiger partial charge >= 0.3 is 0 Å². The molecule has 1 aromatic rings. The number of rotatable bonds is 4. The number of nitrogens with one attached hydrogen (secondary N) is 1. The van der Waals surface area contributed by atoms with Gasteiger partial charge in [0, 0.05) is 18.1 Å². The predicted octanol–water partition coefficient (Wildman–Crippen LogP) is 2.41. The maximum atomic E-state index is 12.1.